The van der Waals surface area contributed by atoms with Crippen LogP contribution in [0.3, 0.4) is 0 Å². The van der Waals surface area contributed by atoms with E-state index in [0.29, 0.717) is 11.5 Å². The van der Waals surface area contributed by atoms with Crippen molar-refractivity contribution in [3.8, 4) is 0 Å². The zero-order valence-electron chi connectivity index (χ0n) is 12.4. The van der Waals surface area contributed by atoms with Crippen molar-refractivity contribution in [3.05, 3.63) is 33.6 Å². The van der Waals surface area contributed by atoms with E-state index in [1.165, 1.54) is 39.4 Å². The minimum absolute atomic E-state index is 0.438. The van der Waals surface area contributed by atoms with Crippen molar-refractivity contribution in [1.29, 1.82) is 0 Å². The Morgan fingerprint density at radius 3 is 2.85 bits per heavy atom. The lowest BCUT2D eigenvalue weighted by Crippen LogP contribution is -2.31. The van der Waals surface area contributed by atoms with Gasteiger partial charge in [-0.1, -0.05) is 32.4 Å². The number of thiophene rings is 1. The molecule has 3 rings (SSSR count). The van der Waals surface area contributed by atoms with Crippen LogP contribution in [0.15, 0.2) is 28.1 Å². The second-order valence-electron chi connectivity index (χ2n) is 6.56. The molecule has 20 heavy (non-hydrogen) atoms. The van der Waals surface area contributed by atoms with Gasteiger partial charge in [0.05, 0.1) is 0 Å². The molecule has 1 saturated carbocycles. The maximum atomic E-state index is 3.68. The minimum Gasteiger partial charge on any atom is -0.313 e. The van der Waals surface area contributed by atoms with Crippen molar-refractivity contribution in [2.45, 2.75) is 39.2 Å². The summed E-state index contributed by atoms with van der Waals surface area (Å²) in [4.78, 5) is 0. The number of fused-ring (bicyclic) bond motifs is 1. The first-order valence-electron chi connectivity index (χ1n) is 7.37. The molecule has 2 aromatic rings. The SMILES string of the molecule is CNC(c1csc2c(Br)cccc12)C1CCCC1(C)C. The molecule has 0 bridgehead atoms. The zero-order chi connectivity index (χ0) is 14.3. The van der Waals surface area contributed by atoms with Gasteiger partial charge in [0.15, 0.2) is 0 Å². The Kier molecular flexibility index (Phi) is 3.95. The topological polar surface area (TPSA) is 12.0 Å². The van der Waals surface area contributed by atoms with Crippen LogP contribution in [-0.2, 0) is 0 Å². The predicted octanol–water partition coefficient (Wildman–Crippen LogP) is 5.75. The Hall–Kier alpha value is -0.380. The lowest BCUT2D eigenvalue weighted by Gasteiger charge is -2.34. The van der Waals surface area contributed by atoms with Gasteiger partial charge in [0.25, 0.3) is 0 Å². The van der Waals surface area contributed by atoms with Gasteiger partial charge < -0.3 is 5.32 Å². The maximum Gasteiger partial charge on any atom is 0.0488 e. The molecule has 1 aliphatic rings. The molecule has 1 aromatic carbocycles. The smallest absolute Gasteiger partial charge is 0.0488 e. The van der Waals surface area contributed by atoms with Crippen molar-refractivity contribution in [3.63, 3.8) is 0 Å². The van der Waals surface area contributed by atoms with Gasteiger partial charge in [-0.2, -0.15) is 0 Å². The van der Waals surface area contributed by atoms with Crippen LogP contribution in [0.5, 0.6) is 0 Å². The van der Waals surface area contributed by atoms with E-state index >= 15 is 0 Å². The van der Waals surface area contributed by atoms with Crippen LogP contribution >= 0.6 is 27.3 Å². The standard InChI is InChI=1S/C17H22BrNS/c1-17(2)9-5-7-13(17)15(19-3)12-10-20-16-11(12)6-4-8-14(16)18/h4,6,8,10,13,15,19H,5,7,9H2,1-3H3. The van der Waals surface area contributed by atoms with Crippen LogP contribution in [0, 0.1) is 11.3 Å². The highest BCUT2D eigenvalue weighted by Gasteiger charge is 2.40. The predicted molar refractivity (Wildman–Crippen MR) is 92.4 cm³/mol. The molecule has 3 heteroatoms. The van der Waals surface area contributed by atoms with Gasteiger partial charge in [0, 0.05) is 15.2 Å². The van der Waals surface area contributed by atoms with Crippen LogP contribution in [0.1, 0.15) is 44.7 Å². The van der Waals surface area contributed by atoms with Gasteiger partial charge in [-0.15, -0.1) is 11.3 Å². The van der Waals surface area contributed by atoms with E-state index in [4.69, 9.17) is 0 Å². The van der Waals surface area contributed by atoms with E-state index in [-0.39, 0.29) is 0 Å². The van der Waals surface area contributed by atoms with Crippen LogP contribution in [-0.4, -0.2) is 7.05 Å². The quantitative estimate of drug-likeness (QED) is 0.742. The molecule has 1 aliphatic carbocycles. The number of nitrogens with one attached hydrogen (secondary N) is 1. The van der Waals surface area contributed by atoms with E-state index < -0.39 is 0 Å². The molecule has 0 saturated heterocycles. The Morgan fingerprint density at radius 1 is 1.40 bits per heavy atom. The van der Waals surface area contributed by atoms with Crippen molar-refractivity contribution in [2.75, 3.05) is 7.05 Å². The lowest BCUT2D eigenvalue weighted by molar-refractivity contribution is 0.204. The summed E-state index contributed by atoms with van der Waals surface area (Å²) in [5, 5.41) is 7.37. The maximum absolute atomic E-state index is 3.68. The first-order valence-corrected chi connectivity index (χ1v) is 9.05. The third-order valence-corrected chi connectivity index (χ3v) is 6.94. The fourth-order valence-corrected chi connectivity index (χ4v) is 5.49. The molecule has 2 unspecified atom stereocenters. The van der Waals surface area contributed by atoms with Gasteiger partial charge in [0.1, 0.15) is 0 Å². The van der Waals surface area contributed by atoms with Crippen molar-refractivity contribution < 1.29 is 0 Å². The molecule has 0 radical (unpaired) electrons. The second kappa shape index (κ2) is 5.43. The van der Waals surface area contributed by atoms with Crippen molar-refractivity contribution in [2.24, 2.45) is 11.3 Å². The van der Waals surface area contributed by atoms with Crippen molar-refractivity contribution in [1.82, 2.24) is 5.32 Å². The molecule has 1 N–H and O–H groups in total. The summed E-state index contributed by atoms with van der Waals surface area (Å²) < 4.78 is 2.59. The molecule has 0 aliphatic heterocycles. The highest BCUT2D eigenvalue weighted by molar-refractivity contribution is 9.10. The number of halogens is 1. The molecule has 1 heterocycles. The fourth-order valence-electron chi connectivity index (χ4n) is 3.83. The Balaban J connectivity index is 2.06. The third-order valence-electron chi connectivity index (χ3n) is 4.97. The Morgan fingerprint density at radius 2 is 2.20 bits per heavy atom. The van der Waals surface area contributed by atoms with Crippen LogP contribution in [0.25, 0.3) is 10.1 Å². The number of hydrogen-bond acceptors (Lipinski definition) is 2. The van der Waals surface area contributed by atoms with Gasteiger partial charge in [-0.25, -0.2) is 0 Å². The highest BCUT2D eigenvalue weighted by atomic mass is 79.9. The molecule has 0 amide bonds. The molecule has 1 fully saturated rings. The first kappa shape index (κ1) is 14.6. The average molecular weight is 352 g/mol. The number of hydrogen-bond donors (Lipinski definition) is 1. The molecule has 2 atom stereocenters. The number of rotatable bonds is 3. The van der Waals surface area contributed by atoms with E-state index in [1.54, 1.807) is 0 Å². The monoisotopic (exact) mass is 351 g/mol. The Labute approximate surface area is 133 Å². The average Bonchev–Trinajstić information content (AvgIpc) is 2.97. The third kappa shape index (κ3) is 2.34. The van der Waals surface area contributed by atoms with E-state index in [0.717, 1.165) is 5.92 Å². The zero-order valence-corrected chi connectivity index (χ0v) is 14.8. The molecule has 0 spiro atoms. The van der Waals surface area contributed by atoms with Gasteiger partial charge in [-0.3, -0.25) is 0 Å². The Bertz CT molecular complexity index is 616. The summed E-state index contributed by atoms with van der Waals surface area (Å²) in [6.07, 6.45) is 4.05. The van der Waals surface area contributed by atoms with E-state index in [9.17, 15) is 0 Å². The molecular weight excluding hydrogens is 330 g/mol. The summed E-state index contributed by atoms with van der Waals surface area (Å²) in [5.74, 6) is 0.726. The minimum atomic E-state index is 0.438. The van der Waals surface area contributed by atoms with Crippen molar-refractivity contribution >= 4 is 37.4 Å². The van der Waals surface area contributed by atoms with Crippen LogP contribution < -0.4 is 5.32 Å². The van der Waals surface area contributed by atoms with Gasteiger partial charge in [0.2, 0.25) is 0 Å². The second-order valence-corrected chi connectivity index (χ2v) is 8.30. The van der Waals surface area contributed by atoms with E-state index in [1.807, 2.05) is 11.3 Å². The van der Waals surface area contributed by atoms with Crippen LogP contribution in [0.4, 0.5) is 0 Å². The molecule has 108 valence electrons. The highest BCUT2D eigenvalue weighted by Crippen LogP contribution is 2.50. The number of benzene rings is 1. The summed E-state index contributed by atoms with van der Waals surface area (Å²) in [6, 6.07) is 7.01. The van der Waals surface area contributed by atoms with Gasteiger partial charge in [-0.05, 0) is 69.5 Å². The summed E-state index contributed by atoms with van der Waals surface area (Å²) in [7, 11) is 2.11. The largest absolute Gasteiger partial charge is 0.313 e. The van der Waals surface area contributed by atoms with Crippen LogP contribution in [0.2, 0.25) is 0 Å². The summed E-state index contributed by atoms with van der Waals surface area (Å²) in [6.45, 7) is 4.86. The molecular formula is C17H22BrNS. The fraction of sp³-hybridized carbons (Fsp3) is 0.529. The first-order chi connectivity index (χ1) is 9.54. The lowest BCUT2D eigenvalue weighted by atomic mass is 9.75. The molecule has 1 aromatic heterocycles. The van der Waals surface area contributed by atoms with E-state index in [2.05, 4.69) is 65.7 Å². The van der Waals surface area contributed by atoms with Gasteiger partial charge >= 0.3 is 0 Å². The summed E-state index contributed by atoms with van der Waals surface area (Å²) in [5.41, 5.74) is 1.92. The normalized spacial score (nSPS) is 23.3. The summed E-state index contributed by atoms with van der Waals surface area (Å²) >= 11 is 5.53. The molecule has 1 nitrogen and oxygen atoms in total.